The number of hydrogen-bond acceptors (Lipinski definition) is 4. The van der Waals surface area contributed by atoms with Crippen molar-refractivity contribution in [3.8, 4) is 0 Å². The lowest BCUT2D eigenvalue weighted by Gasteiger charge is -2.15. The molecular weight excluding hydrogens is 266 g/mol. The van der Waals surface area contributed by atoms with Gasteiger partial charge in [0, 0.05) is 27.8 Å². The van der Waals surface area contributed by atoms with Crippen LogP contribution in [0, 0.1) is 13.8 Å². The number of pyridine rings is 1. The first kappa shape index (κ1) is 13.1. The maximum atomic E-state index is 4.57. The first-order chi connectivity index (χ1) is 9.63. The van der Waals surface area contributed by atoms with Crippen molar-refractivity contribution in [3.05, 3.63) is 52.1 Å². The van der Waals surface area contributed by atoms with Crippen molar-refractivity contribution in [2.75, 3.05) is 5.32 Å². The second-order valence-electron chi connectivity index (χ2n) is 5.00. The Morgan fingerprint density at radius 3 is 2.75 bits per heavy atom. The quantitative estimate of drug-likeness (QED) is 0.770. The van der Waals surface area contributed by atoms with Crippen molar-refractivity contribution in [3.63, 3.8) is 0 Å². The summed E-state index contributed by atoms with van der Waals surface area (Å²) >= 11 is 1.74. The molecule has 1 N–H and O–H groups in total. The number of benzene rings is 1. The summed E-state index contributed by atoms with van der Waals surface area (Å²) < 4.78 is 0. The van der Waals surface area contributed by atoms with Gasteiger partial charge in [0.2, 0.25) is 0 Å². The Hall–Kier alpha value is -1.94. The predicted octanol–water partition coefficient (Wildman–Crippen LogP) is 4.48. The highest BCUT2D eigenvalue weighted by molar-refractivity contribution is 7.11. The molecule has 0 amide bonds. The van der Waals surface area contributed by atoms with Gasteiger partial charge in [-0.25, -0.2) is 4.98 Å². The van der Waals surface area contributed by atoms with E-state index >= 15 is 0 Å². The lowest BCUT2D eigenvalue weighted by Crippen LogP contribution is -2.07. The summed E-state index contributed by atoms with van der Waals surface area (Å²) in [7, 11) is 0. The fraction of sp³-hybridized carbons (Fsp3) is 0.250. The number of fused-ring (bicyclic) bond motifs is 1. The zero-order valence-electron chi connectivity index (χ0n) is 11.8. The van der Waals surface area contributed by atoms with Gasteiger partial charge in [-0.15, -0.1) is 11.3 Å². The lowest BCUT2D eigenvalue weighted by molar-refractivity contribution is 0.870. The van der Waals surface area contributed by atoms with Crippen LogP contribution in [0.1, 0.15) is 28.5 Å². The minimum absolute atomic E-state index is 0.193. The van der Waals surface area contributed by atoms with E-state index in [9.17, 15) is 0 Å². The Balaban J connectivity index is 1.98. The Morgan fingerprint density at radius 2 is 2.00 bits per heavy atom. The van der Waals surface area contributed by atoms with Crippen molar-refractivity contribution >= 4 is 27.9 Å². The molecule has 0 aliphatic heterocycles. The zero-order valence-corrected chi connectivity index (χ0v) is 12.7. The highest BCUT2D eigenvalue weighted by Gasteiger charge is 2.11. The molecule has 3 rings (SSSR count). The maximum absolute atomic E-state index is 4.57. The van der Waals surface area contributed by atoms with Gasteiger partial charge < -0.3 is 5.32 Å². The molecule has 0 saturated carbocycles. The van der Waals surface area contributed by atoms with Crippen molar-refractivity contribution in [1.29, 1.82) is 0 Å². The normalized spacial score (nSPS) is 12.6. The molecule has 1 unspecified atom stereocenters. The van der Waals surface area contributed by atoms with Crippen LogP contribution in [0.25, 0.3) is 10.9 Å². The summed E-state index contributed by atoms with van der Waals surface area (Å²) in [6, 6.07) is 10.5. The smallest absolute Gasteiger partial charge is 0.115 e. The van der Waals surface area contributed by atoms with Gasteiger partial charge in [-0.05, 0) is 32.9 Å². The van der Waals surface area contributed by atoms with Gasteiger partial charge in [0.1, 0.15) is 5.01 Å². The minimum atomic E-state index is 0.193. The summed E-state index contributed by atoms with van der Waals surface area (Å²) in [5.41, 5.74) is 3.17. The number of nitrogens with zero attached hydrogens (tertiary/aromatic N) is 2. The van der Waals surface area contributed by atoms with Crippen molar-refractivity contribution in [2.24, 2.45) is 0 Å². The minimum Gasteiger partial charge on any atom is -0.375 e. The molecule has 3 aromatic rings. The van der Waals surface area contributed by atoms with Crippen LogP contribution >= 0.6 is 11.3 Å². The van der Waals surface area contributed by atoms with E-state index in [1.54, 1.807) is 11.3 Å². The third-order valence-electron chi connectivity index (χ3n) is 3.23. The van der Waals surface area contributed by atoms with Crippen LogP contribution in [-0.2, 0) is 0 Å². The zero-order chi connectivity index (χ0) is 14.1. The Labute approximate surface area is 122 Å². The summed E-state index contributed by atoms with van der Waals surface area (Å²) in [6.07, 6.45) is 1.92. The molecule has 4 heteroatoms. The van der Waals surface area contributed by atoms with Gasteiger partial charge in [-0.2, -0.15) is 0 Å². The van der Waals surface area contributed by atoms with E-state index in [1.807, 2.05) is 31.3 Å². The van der Waals surface area contributed by atoms with E-state index < -0.39 is 0 Å². The fourth-order valence-electron chi connectivity index (χ4n) is 2.29. The largest absolute Gasteiger partial charge is 0.375 e. The van der Waals surface area contributed by atoms with Gasteiger partial charge in [0.25, 0.3) is 0 Å². The average Bonchev–Trinajstić information content (AvgIpc) is 2.85. The molecule has 0 spiro atoms. The molecule has 1 aromatic carbocycles. The van der Waals surface area contributed by atoms with Gasteiger partial charge in [-0.1, -0.05) is 18.2 Å². The second kappa shape index (κ2) is 5.21. The van der Waals surface area contributed by atoms with Crippen LogP contribution in [0.15, 0.2) is 36.5 Å². The average molecular weight is 283 g/mol. The van der Waals surface area contributed by atoms with Crippen LogP contribution in [0.4, 0.5) is 5.69 Å². The number of anilines is 1. The number of aromatic nitrogens is 2. The SMILES string of the molecule is Cc1cc(NC(C)c2ncc(C)s2)c2ccccc2n1. The van der Waals surface area contributed by atoms with E-state index in [0.717, 1.165) is 27.3 Å². The Kier molecular flexibility index (Phi) is 3.40. The molecule has 2 aromatic heterocycles. The van der Waals surface area contributed by atoms with E-state index in [-0.39, 0.29) is 6.04 Å². The van der Waals surface area contributed by atoms with Crippen molar-refractivity contribution < 1.29 is 0 Å². The van der Waals surface area contributed by atoms with E-state index in [4.69, 9.17) is 0 Å². The maximum Gasteiger partial charge on any atom is 0.115 e. The van der Waals surface area contributed by atoms with Crippen LogP contribution in [0.2, 0.25) is 0 Å². The van der Waals surface area contributed by atoms with Gasteiger partial charge in [0.15, 0.2) is 0 Å². The van der Waals surface area contributed by atoms with Crippen LogP contribution in [0.3, 0.4) is 0 Å². The molecule has 20 heavy (non-hydrogen) atoms. The molecule has 0 aliphatic carbocycles. The van der Waals surface area contributed by atoms with E-state index in [0.29, 0.717) is 0 Å². The fourth-order valence-corrected chi connectivity index (χ4v) is 3.07. The summed E-state index contributed by atoms with van der Waals surface area (Å²) in [5, 5.41) is 5.83. The molecular formula is C16H17N3S. The summed E-state index contributed by atoms with van der Waals surface area (Å²) in [6.45, 7) is 6.25. The molecule has 102 valence electrons. The van der Waals surface area contributed by atoms with Crippen molar-refractivity contribution in [2.45, 2.75) is 26.8 Å². The molecule has 0 radical (unpaired) electrons. The third kappa shape index (κ3) is 2.51. The summed E-state index contributed by atoms with van der Waals surface area (Å²) in [4.78, 5) is 10.3. The highest BCUT2D eigenvalue weighted by atomic mass is 32.1. The summed E-state index contributed by atoms with van der Waals surface area (Å²) in [5.74, 6) is 0. The van der Waals surface area contributed by atoms with E-state index in [1.165, 1.54) is 4.88 Å². The van der Waals surface area contributed by atoms with Crippen LogP contribution in [0.5, 0.6) is 0 Å². The van der Waals surface area contributed by atoms with Gasteiger partial charge in [-0.3, -0.25) is 4.98 Å². The first-order valence-electron chi connectivity index (χ1n) is 6.69. The Bertz CT molecular complexity index is 748. The number of rotatable bonds is 3. The molecule has 0 bridgehead atoms. The second-order valence-corrected chi connectivity index (χ2v) is 6.27. The monoisotopic (exact) mass is 283 g/mol. The molecule has 2 heterocycles. The predicted molar refractivity (Wildman–Crippen MR) is 85.4 cm³/mol. The molecule has 3 nitrogen and oxygen atoms in total. The molecule has 1 atom stereocenters. The topological polar surface area (TPSA) is 37.8 Å². The standard InChI is InChI=1S/C16H17N3S/c1-10-8-15(13-6-4-5-7-14(13)18-10)19-12(3)16-17-9-11(2)20-16/h4-9,12H,1-3H3,(H,18,19). The molecule has 0 fully saturated rings. The number of aryl methyl sites for hydroxylation is 2. The number of hydrogen-bond donors (Lipinski definition) is 1. The third-order valence-corrected chi connectivity index (χ3v) is 4.32. The van der Waals surface area contributed by atoms with Crippen LogP contribution < -0.4 is 5.32 Å². The molecule has 0 saturated heterocycles. The number of para-hydroxylation sites is 1. The van der Waals surface area contributed by atoms with Gasteiger partial charge in [0.05, 0.1) is 11.6 Å². The van der Waals surface area contributed by atoms with Crippen molar-refractivity contribution in [1.82, 2.24) is 9.97 Å². The lowest BCUT2D eigenvalue weighted by atomic mass is 10.1. The highest BCUT2D eigenvalue weighted by Crippen LogP contribution is 2.28. The Morgan fingerprint density at radius 1 is 1.20 bits per heavy atom. The number of nitrogens with one attached hydrogen (secondary N) is 1. The van der Waals surface area contributed by atoms with E-state index in [2.05, 4.69) is 41.3 Å². The van der Waals surface area contributed by atoms with Gasteiger partial charge >= 0.3 is 0 Å². The van der Waals surface area contributed by atoms with Crippen LogP contribution in [-0.4, -0.2) is 9.97 Å². The molecule has 0 aliphatic rings. The first-order valence-corrected chi connectivity index (χ1v) is 7.50. The number of thiazole rings is 1.